The predicted octanol–water partition coefficient (Wildman–Crippen LogP) is 1.47. The van der Waals surface area contributed by atoms with Crippen LogP contribution in [0.4, 0.5) is 0 Å². The van der Waals surface area contributed by atoms with E-state index in [-0.39, 0.29) is 0 Å². The molecular formula is C16H24N4O. The van der Waals surface area contributed by atoms with Gasteiger partial charge in [-0.05, 0) is 37.7 Å². The molecule has 5 nitrogen and oxygen atoms in total. The fraction of sp³-hybridized carbons (Fsp3) is 0.562. The summed E-state index contributed by atoms with van der Waals surface area (Å²) in [5, 5.41) is 0. The quantitative estimate of drug-likeness (QED) is 0.903. The van der Waals surface area contributed by atoms with Crippen molar-refractivity contribution in [1.82, 2.24) is 14.8 Å². The van der Waals surface area contributed by atoms with Crippen LogP contribution in [0.15, 0.2) is 22.6 Å². The van der Waals surface area contributed by atoms with Crippen molar-refractivity contribution in [3.63, 3.8) is 0 Å². The Morgan fingerprint density at radius 2 is 2.05 bits per heavy atom. The molecule has 114 valence electrons. The first kappa shape index (κ1) is 14.5. The molecule has 1 aromatic heterocycles. The molecule has 1 aliphatic rings. The van der Waals surface area contributed by atoms with Gasteiger partial charge in [0, 0.05) is 39.1 Å². The van der Waals surface area contributed by atoms with Crippen molar-refractivity contribution in [1.29, 1.82) is 0 Å². The molecule has 1 saturated heterocycles. The number of likely N-dealkylation sites (N-methyl/N-ethyl adjacent to an activating group) is 1. The molecule has 2 aromatic rings. The van der Waals surface area contributed by atoms with E-state index in [2.05, 4.69) is 34.0 Å². The topological polar surface area (TPSA) is 58.5 Å². The summed E-state index contributed by atoms with van der Waals surface area (Å²) in [5.74, 6) is 0.798. The lowest BCUT2D eigenvalue weighted by Crippen LogP contribution is -2.43. The molecule has 1 aromatic carbocycles. The largest absolute Gasteiger partial charge is 0.441 e. The highest BCUT2D eigenvalue weighted by Crippen LogP contribution is 2.19. The van der Waals surface area contributed by atoms with E-state index in [4.69, 9.17) is 10.2 Å². The molecule has 0 bridgehead atoms. The number of piperazine rings is 1. The zero-order chi connectivity index (χ0) is 14.7. The van der Waals surface area contributed by atoms with Crippen LogP contribution in [0, 0.1) is 0 Å². The van der Waals surface area contributed by atoms with Crippen molar-refractivity contribution < 1.29 is 4.42 Å². The van der Waals surface area contributed by atoms with Gasteiger partial charge in [-0.2, -0.15) is 0 Å². The van der Waals surface area contributed by atoms with Gasteiger partial charge in [0.25, 0.3) is 0 Å². The van der Waals surface area contributed by atoms with Gasteiger partial charge in [-0.15, -0.1) is 0 Å². The van der Waals surface area contributed by atoms with Gasteiger partial charge < -0.3 is 15.1 Å². The van der Waals surface area contributed by atoms with Gasteiger partial charge in [-0.3, -0.25) is 4.90 Å². The third kappa shape index (κ3) is 3.61. The summed E-state index contributed by atoms with van der Waals surface area (Å²) >= 11 is 0. The first-order valence-corrected chi connectivity index (χ1v) is 7.74. The lowest BCUT2D eigenvalue weighted by atomic mass is 10.2. The second-order valence-electron chi connectivity index (χ2n) is 5.88. The number of hydrogen-bond acceptors (Lipinski definition) is 5. The number of hydrogen-bond donors (Lipinski definition) is 1. The molecule has 0 spiro atoms. The van der Waals surface area contributed by atoms with E-state index in [1.807, 2.05) is 6.07 Å². The number of aryl methyl sites for hydroxylation is 1. The van der Waals surface area contributed by atoms with E-state index in [1.165, 1.54) is 5.56 Å². The highest BCUT2D eigenvalue weighted by molar-refractivity contribution is 5.73. The van der Waals surface area contributed by atoms with Crippen molar-refractivity contribution in [3.8, 4) is 0 Å². The highest BCUT2D eigenvalue weighted by atomic mass is 16.3. The number of nitrogens with zero attached hydrogens (tertiary/aromatic N) is 3. The molecule has 21 heavy (non-hydrogen) atoms. The van der Waals surface area contributed by atoms with Crippen LogP contribution in [0.5, 0.6) is 0 Å². The Bertz CT molecular complexity index is 587. The Kier molecular flexibility index (Phi) is 4.53. The van der Waals surface area contributed by atoms with Gasteiger partial charge >= 0.3 is 0 Å². The van der Waals surface area contributed by atoms with Crippen LogP contribution in [0.25, 0.3) is 11.1 Å². The Hall–Kier alpha value is -1.43. The van der Waals surface area contributed by atoms with E-state index in [1.54, 1.807) is 0 Å². The van der Waals surface area contributed by atoms with Gasteiger partial charge in [-0.1, -0.05) is 6.07 Å². The van der Waals surface area contributed by atoms with E-state index in [9.17, 15) is 0 Å². The minimum absolute atomic E-state index is 0.674. The monoisotopic (exact) mass is 288 g/mol. The third-order valence-corrected chi connectivity index (χ3v) is 4.09. The molecule has 1 aliphatic heterocycles. The summed E-state index contributed by atoms with van der Waals surface area (Å²) in [5.41, 5.74) is 8.69. The normalized spacial score (nSPS) is 17.6. The van der Waals surface area contributed by atoms with Gasteiger partial charge in [0.05, 0.1) is 0 Å². The summed E-state index contributed by atoms with van der Waals surface area (Å²) in [6.07, 6.45) is 1.74. The van der Waals surface area contributed by atoms with Crippen molar-refractivity contribution in [2.24, 2.45) is 5.73 Å². The summed E-state index contributed by atoms with van der Waals surface area (Å²) in [6.45, 7) is 6.23. The SMILES string of the molecule is CN1CCN(Cc2ccc3oc(CCCN)nc3c2)CC1. The highest BCUT2D eigenvalue weighted by Gasteiger charge is 2.14. The maximum Gasteiger partial charge on any atom is 0.195 e. The number of oxazole rings is 1. The average molecular weight is 288 g/mol. The Morgan fingerprint density at radius 3 is 2.81 bits per heavy atom. The second kappa shape index (κ2) is 6.56. The lowest BCUT2D eigenvalue weighted by Gasteiger charge is -2.32. The molecule has 0 aliphatic carbocycles. The van der Waals surface area contributed by atoms with E-state index < -0.39 is 0 Å². The second-order valence-corrected chi connectivity index (χ2v) is 5.88. The van der Waals surface area contributed by atoms with Gasteiger partial charge in [0.15, 0.2) is 11.5 Å². The fourth-order valence-corrected chi connectivity index (χ4v) is 2.74. The fourth-order valence-electron chi connectivity index (χ4n) is 2.74. The minimum Gasteiger partial charge on any atom is -0.441 e. The number of rotatable bonds is 5. The summed E-state index contributed by atoms with van der Waals surface area (Å²) in [4.78, 5) is 9.44. The van der Waals surface area contributed by atoms with Crippen molar-refractivity contribution >= 4 is 11.1 Å². The summed E-state index contributed by atoms with van der Waals surface area (Å²) in [6, 6.07) is 6.35. The molecule has 1 fully saturated rings. The molecule has 5 heteroatoms. The molecule has 3 rings (SSSR count). The number of fused-ring (bicyclic) bond motifs is 1. The zero-order valence-electron chi connectivity index (χ0n) is 12.7. The first-order chi connectivity index (χ1) is 10.2. The smallest absolute Gasteiger partial charge is 0.195 e. The van der Waals surface area contributed by atoms with Crippen LogP contribution in [-0.2, 0) is 13.0 Å². The first-order valence-electron chi connectivity index (χ1n) is 7.74. The summed E-state index contributed by atoms with van der Waals surface area (Å²) < 4.78 is 5.74. The molecule has 0 atom stereocenters. The summed E-state index contributed by atoms with van der Waals surface area (Å²) in [7, 11) is 2.18. The minimum atomic E-state index is 0.674. The van der Waals surface area contributed by atoms with Crippen LogP contribution in [-0.4, -0.2) is 54.6 Å². The zero-order valence-corrected chi connectivity index (χ0v) is 12.7. The molecule has 2 N–H and O–H groups in total. The van der Waals surface area contributed by atoms with E-state index >= 15 is 0 Å². The number of nitrogens with two attached hydrogens (primary N) is 1. The van der Waals surface area contributed by atoms with Crippen molar-refractivity contribution in [2.75, 3.05) is 39.8 Å². The van der Waals surface area contributed by atoms with Gasteiger partial charge in [-0.25, -0.2) is 4.98 Å². The van der Waals surface area contributed by atoms with Crippen LogP contribution in [0.3, 0.4) is 0 Å². The van der Waals surface area contributed by atoms with Crippen LogP contribution < -0.4 is 5.73 Å². The lowest BCUT2D eigenvalue weighted by molar-refractivity contribution is 0.148. The van der Waals surface area contributed by atoms with E-state index in [0.29, 0.717) is 6.54 Å². The Morgan fingerprint density at radius 1 is 1.24 bits per heavy atom. The molecule has 0 saturated carbocycles. The Labute approximate surface area is 125 Å². The van der Waals surface area contributed by atoms with E-state index in [0.717, 1.165) is 62.6 Å². The average Bonchev–Trinajstić information content (AvgIpc) is 2.89. The van der Waals surface area contributed by atoms with Crippen LogP contribution >= 0.6 is 0 Å². The standard InChI is InChI=1S/C16H24N4O/c1-19-7-9-20(10-8-19)12-13-4-5-15-14(11-13)18-16(21-15)3-2-6-17/h4-5,11H,2-3,6-10,12,17H2,1H3. The van der Waals surface area contributed by atoms with Crippen LogP contribution in [0.2, 0.25) is 0 Å². The predicted molar refractivity (Wildman–Crippen MR) is 84.2 cm³/mol. The Balaban J connectivity index is 1.68. The molecule has 2 heterocycles. The van der Waals surface area contributed by atoms with Crippen molar-refractivity contribution in [3.05, 3.63) is 29.7 Å². The van der Waals surface area contributed by atoms with Crippen molar-refractivity contribution in [2.45, 2.75) is 19.4 Å². The number of aromatic nitrogens is 1. The molecule has 0 unspecified atom stereocenters. The maximum absolute atomic E-state index is 5.74. The number of benzene rings is 1. The van der Waals surface area contributed by atoms with Crippen LogP contribution in [0.1, 0.15) is 17.9 Å². The van der Waals surface area contributed by atoms with Gasteiger partial charge in [0.2, 0.25) is 0 Å². The maximum atomic E-state index is 5.74. The third-order valence-electron chi connectivity index (χ3n) is 4.09. The molecular weight excluding hydrogens is 264 g/mol. The molecule has 0 radical (unpaired) electrons. The van der Waals surface area contributed by atoms with Gasteiger partial charge in [0.1, 0.15) is 5.52 Å². The molecule has 0 amide bonds.